The Bertz CT molecular complexity index is 510. The van der Waals surface area contributed by atoms with Gasteiger partial charge in [0, 0.05) is 12.8 Å². The molecule has 0 aromatic rings. The predicted octanol–water partition coefficient (Wildman–Crippen LogP) is 5.34. The third-order valence-corrected chi connectivity index (χ3v) is 9.76. The first-order valence-corrected chi connectivity index (χ1v) is 12.6. The van der Waals surface area contributed by atoms with Crippen molar-refractivity contribution in [2.24, 2.45) is 0 Å². The van der Waals surface area contributed by atoms with Crippen LogP contribution >= 0.6 is 0 Å². The molecule has 0 aromatic heterocycles. The molecule has 26 heavy (non-hydrogen) atoms. The van der Waals surface area contributed by atoms with Gasteiger partial charge in [-0.05, 0) is 62.9 Å². The monoisotopic (exact) mass is 380 g/mol. The van der Waals surface area contributed by atoms with Crippen LogP contribution in [0.2, 0.25) is 18.1 Å². The molecule has 148 valence electrons. The van der Waals surface area contributed by atoms with Crippen LogP contribution in [0.15, 0.2) is 23.8 Å². The summed E-state index contributed by atoms with van der Waals surface area (Å²) in [4.78, 5) is 23.7. The van der Waals surface area contributed by atoms with E-state index in [4.69, 9.17) is 9.16 Å². The number of hydrogen-bond acceptors (Lipinski definition) is 4. The summed E-state index contributed by atoms with van der Waals surface area (Å²) in [6.07, 6.45) is 9.25. The van der Waals surface area contributed by atoms with Gasteiger partial charge in [-0.25, -0.2) is 0 Å². The minimum atomic E-state index is -1.67. The van der Waals surface area contributed by atoms with Crippen LogP contribution in [0.5, 0.6) is 0 Å². The smallest absolute Gasteiger partial charge is 0.306 e. The normalized spacial score (nSPS) is 18.0. The van der Waals surface area contributed by atoms with Gasteiger partial charge < -0.3 is 9.16 Å². The van der Waals surface area contributed by atoms with Gasteiger partial charge in [0.2, 0.25) is 0 Å². The van der Waals surface area contributed by atoms with E-state index in [9.17, 15) is 9.59 Å². The Kier molecular flexibility index (Phi) is 10.1. The summed E-state index contributed by atoms with van der Waals surface area (Å²) in [5, 5.41) is 0. The molecule has 0 fully saturated rings. The highest BCUT2D eigenvalue weighted by Gasteiger charge is 2.34. The Labute approximate surface area is 160 Å². The van der Waals surface area contributed by atoms with Gasteiger partial charge in [0.1, 0.15) is 0 Å². The lowest BCUT2D eigenvalue weighted by Crippen LogP contribution is -2.39. The van der Waals surface area contributed by atoms with Gasteiger partial charge in [-0.1, -0.05) is 32.9 Å². The largest absolute Gasteiger partial charge is 0.463 e. The lowest BCUT2D eigenvalue weighted by atomic mass is 10.1. The molecule has 0 aliphatic heterocycles. The van der Waals surface area contributed by atoms with E-state index in [1.807, 2.05) is 32.1 Å². The Balaban J connectivity index is 2.40. The lowest BCUT2D eigenvalue weighted by molar-refractivity contribution is -0.147. The quantitative estimate of drug-likeness (QED) is 0.198. The standard InChI is InChI=1S/C21H36O4Si/c1-6-26(7-2,8-3)25-19-15-18(20(22)16-19)13-11-9-10-12-14-21(23)24-17(4)5/h9,11,15,17,19H,6-8,10,12-14,16H2,1-5H3/b11-9-/t19-/m0/s1. The number of carbonyl (C=O) groups excluding carboxylic acids is 2. The molecule has 0 aromatic carbocycles. The van der Waals surface area contributed by atoms with E-state index < -0.39 is 8.32 Å². The zero-order valence-corrected chi connectivity index (χ0v) is 18.2. The van der Waals surface area contributed by atoms with Crippen LogP contribution in [-0.2, 0) is 18.8 Å². The number of rotatable bonds is 12. The Morgan fingerprint density at radius 2 is 1.88 bits per heavy atom. The Morgan fingerprint density at radius 3 is 2.46 bits per heavy atom. The van der Waals surface area contributed by atoms with E-state index in [-0.39, 0.29) is 24.0 Å². The van der Waals surface area contributed by atoms with E-state index >= 15 is 0 Å². The maximum Gasteiger partial charge on any atom is 0.306 e. The third kappa shape index (κ3) is 7.58. The molecular formula is C21H36O4Si. The molecule has 0 amide bonds. The summed E-state index contributed by atoms with van der Waals surface area (Å²) in [7, 11) is -1.67. The zero-order valence-electron chi connectivity index (χ0n) is 17.2. The fourth-order valence-electron chi connectivity index (χ4n) is 3.28. The minimum Gasteiger partial charge on any atom is -0.463 e. The number of carbonyl (C=O) groups is 2. The van der Waals surface area contributed by atoms with Crippen LogP contribution < -0.4 is 0 Å². The molecule has 0 saturated heterocycles. The van der Waals surface area contributed by atoms with Crippen molar-refractivity contribution >= 4 is 20.1 Å². The van der Waals surface area contributed by atoms with E-state index in [1.54, 1.807) is 0 Å². The van der Waals surface area contributed by atoms with Crippen LogP contribution in [0, 0.1) is 0 Å². The molecule has 1 atom stereocenters. The highest BCUT2D eigenvalue weighted by atomic mass is 28.4. The second-order valence-corrected chi connectivity index (χ2v) is 12.0. The van der Waals surface area contributed by atoms with Gasteiger partial charge in [0.25, 0.3) is 0 Å². The Hall–Kier alpha value is -1.20. The highest BCUT2D eigenvalue weighted by Crippen LogP contribution is 2.29. The summed E-state index contributed by atoms with van der Waals surface area (Å²) in [6.45, 7) is 10.3. The summed E-state index contributed by atoms with van der Waals surface area (Å²) < 4.78 is 11.5. The third-order valence-electron chi connectivity index (χ3n) is 5.09. The average molecular weight is 381 g/mol. The first-order chi connectivity index (χ1) is 12.4. The van der Waals surface area contributed by atoms with Gasteiger partial charge in [-0.15, -0.1) is 0 Å². The van der Waals surface area contributed by atoms with Crippen molar-refractivity contribution in [3.05, 3.63) is 23.8 Å². The first-order valence-electron chi connectivity index (χ1n) is 10.1. The molecule has 1 rings (SSSR count). The van der Waals surface area contributed by atoms with Crippen LogP contribution in [0.4, 0.5) is 0 Å². The number of Topliss-reactive ketones (excluding diaryl/α,β-unsaturated/α-hetero) is 1. The molecule has 1 aliphatic rings. The molecule has 1 aliphatic carbocycles. The van der Waals surface area contributed by atoms with Crippen molar-refractivity contribution in [1.82, 2.24) is 0 Å². The average Bonchev–Trinajstić information content (AvgIpc) is 2.94. The number of hydrogen-bond donors (Lipinski definition) is 0. The van der Waals surface area contributed by atoms with Gasteiger partial charge in [0.15, 0.2) is 14.1 Å². The fourth-order valence-corrected chi connectivity index (χ4v) is 6.08. The van der Waals surface area contributed by atoms with Crippen molar-refractivity contribution in [2.45, 2.75) is 97.1 Å². The van der Waals surface area contributed by atoms with Crippen LogP contribution in [0.3, 0.4) is 0 Å². The van der Waals surface area contributed by atoms with Crippen molar-refractivity contribution in [3.63, 3.8) is 0 Å². The SMILES string of the molecule is CC[Si](CC)(CC)O[C@H]1C=C(C/C=C\CCCC(=O)OC(C)C)C(=O)C1. The van der Waals surface area contributed by atoms with Gasteiger partial charge in [-0.3, -0.25) is 9.59 Å². The van der Waals surface area contributed by atoms with Gasteiger partial charge in [-0.2, -0.15) is 0 Å². The number of unbranched alkanes of at least 4 members (excludes halogenated alkanes) is 1. The van der Waals surface area contributed by atoms with Gasteiger partial charge in [0.05, 0.1) is 12.2 Å². The fraction of sp³-hybridized carbons (Fsp3) is 0.714. The molecular weight excluding hydrogens is 344 g/mol. The second-order valence-electron chi connectivity index (χ2n) is 7.33. The molecule has 0 unspecified atom stereocenters. The topological polar surface area (TPSA) is 52.6 Å². The first kappa shape index (κ1) is 22.8. The van der Waals surface area contributed by atoms with Gasteiger partial charge >= 0.3 is 5.97 Å². The zero-order chi connectivity index (χ0) is 19.6. The molecule has 4 nitrogen and oxygen atoms in total. The molecule has 0 N–H and O–H groups in total. The van der Waals surface area contributed by atoms with Crippen molar-refractivity contribution < 1.29 is 18.8 Å². The molecule has 5 heteroatoms. The number of ether oxygens (including phenoxy) is 1. The molecule has 0 radical (unpaired) electrons. The minimum absolute atomic E-state index is 0.0248. The van der Waals surface area contributed by atoms with Crippen LogP contribution in [0.1, 0.15) is 66.7 Å². The van der Waals surface area contributed by atoms with E-state index in [0.717, 1.165) is 36.5 Å². The molecule has 0 spiro atoms. The van der Waals surface area contributed by atoms with E-state index in [1.165, 1.54) is 0 Å². The van der Waals surface area contributed by atoms with Crippen molar-refractivity contribution in [3.8, 4) is 0 Å². The summed E-state index contributed by atoms with van der Waals surface area (Å²) in [6, 6.07) is 3.31. The summed E-state index contributed by atoms with van der Waals surface area (Å²) in [5.74, 6) is 0.0730. The molecule has 0 bridgehead atoms. The maximum atomic E-state index is 12.2. The van der Waals surface area contributed by atoms with Crippen LogP contribution in [0.25, 0.3) is 0 Å². The Morgan fingerprint density at radius 1 is 1.23 bits per heavy atom. The maximum absolute atomic E-state index is 12.2. The van der Waals surface area contributed by atoms with Crippen molar-refractivity contribution in [1.29, 1.82) is 0 Å². The van der Waals surface area contributed by atoms with E-state index in [2.05, 4.69) is 20.8 Å². The lowest BCUT2D eigenvalue weighted by Gasteiger charge is -2.30. The second kappa shape index (κ2) is 11.5. The summed E-state index contributed by atoms with van der Waals surface area (Å²) in [5.41, 5.74) is 0.872. The summed E-state index contributed by atoms with van der Waals surface area (Å²) >= 11 is 0. The number of allylic oxidation sites excluding steroid dienone is 3. The van der Waals surface area contributed by atoms with E-state index in [0.29, 0.717) is 19.3 Å². The predicted molar refractivity (Wildman–Crippen MR) is 109 cm³/mol. The number of esters is 1. The van der Waals surface area contributed by atoms with Crippen molar-refractivity contribution in [2.75, 3.05) is 0 Å². The van der Waals surface area contributed by atoms with Crippen LogP contribution in [-0.4, -0.2) is 32.3 Å². The number of ketones is 1. The molecule has 0 saturated carbocycles. The molecule has 0 heterocycles. The highest BCUT2D eigenvalue weighted by molar-refractivity contribution is 6.73.